The Kier molecular flexibility index (Phi) is 6.46. The molecule has 0 saturated carbocycles. The third-order valence-electron chi connectivity index (χ3n) is 5.32. The molecule has 4 heteroatoms. The molecule has 4 nitrogen and oxygen atoms in total. The van der Waals surface area contributed by atoms with Crippen LogP contribution in [0.4, 0.5) is 4.79 Å². The number of benzene rings is 1. The maximum absolute atomic E-state index is 12.2. The van der Waals surface area contributed by atoms with Crippen molar-refractivity contribution in [2.45, 2.75) is 46.0 Å². The van der Waals surface area contributed by atoms with Crippen LogP contribution in [0.2, 0.25) is 0 Å². The van der Waals surface area contributed by atoms with Crippen molar-refractivity contribution >= 4 is 6.03 Å². The molecule has 2 rings (SSSR count). The van der Waals surface area contributed by atoms with E-state index in [1.807, 2.05) is 4.90 Å². The lowest BCUT2D eigenvalue weighted by Gasteiger charge is -2.40. The Morgan fingerprint density at radius 2 is 1.78 bits per heavy atom. The highest BCUT2D eigenvalue weighted by Crippen LogP contribution is 2.34. The Morgan fingerprint density at radius 1 is 1.17 bits per heavy atom. The van der Waals surface area contributed by atoms with Crippen LogP contribution in [-0.4, -0.2) is 42.3 Å². The molecule has 0 unspecified atom stereocenters. The van der Waals surface area contributed by atoms with Crippen LogP contribution < -0.4 is 5.32 Å². The van der Waals surface area contributed by atoms with E-state index in [0.29, 0.717) is 6.54 Å². The third kappa shape index (κ3) is 4.71. The molecular weight excluding hydrogens is 288 g/mol. The van der Waals surface area contributed by atoms with Gasteiger partial charge in [-0.1, -0.05) is 38.1 Å². The van der Waals surface area contributed by atoms with Gasteiger partial charge >= 0.3 is 6.03 Å². The molecular formula is C19H30N2O2. The number of aliphatic hydroxyl groups excluding tert-OH is 1. The highest BCUT2D eigenvalue weighted by Gasteiger charge is 2.33. The molecule has 128 valence electrons. The molecule has 0 atom stereocenters. The lowest BCUT2D eigenvalue weighted by molar-refractivity contribution is 0.0520. The van der Waals surface area contributed by atoms with Gasteiger partial charge in [0.05, 0.1) is 0 Å². The number of amides is 2. The zero-order chi connectivity index (χ0) is 16.7. The van der Waals surface area contributed by atoms with Gasteiger partial charge in [-0.25, -0.2) is 4.79 Å². The summed E-state index contributed by atoms with van der Waals surface area (Å²) < 4.78 is 0. The predicted octanol–water partition coefficient (Wildman–Crippen LogP) is 2.99. The van der Waals surface area contributed by atoms with Crippen LogP contribution >= 0.6 is 0 Å². The van der Waals surface area contributed by atoms with Crippen LogP contribution in [0.15, 0.2) is 24.3 Å². The van der Waals surface area contributed by atoms with Gasteiger partial charge in [0.2, 0.25) is 0 Å². The normalized spacial score (nSPS) is 17.1. The molecule has 1 fully saturated rings. The van der Waals surface area contributed by atoms with Crippen LogP contribution in [0, 0.1) is 5.41 Å². The van der Waals surface area contributed by atoms with Gasteiger partial charge in [0, 0.05) is 26.2 Å². The monoisotopic (exact) mass is 318 g/mol. The second-order valence-corrected chi connectivity index (χ2v) is 6.65. The first kappa shape index (κ1) is 17.8. The number of nitrogens with zero attached hydrogens (tertiary/aromatic N) is 1. The minimum atomic E-state index is 0.0256. The molecule has 1 aromatic rings. The standard InChI is InChI=1S/C19H30N2O2/c1-3-16-5-7-17(8-6-16)9-12-20-18(23)21-13-10-19(4-2,15-22)11-14-21/h5-8,22H,3-4,9-15H2,1-2H3,(H,20,23). The molecule has 1 aliphatic rings. The summed E-state index contributed by atoms with van der Waals surface area (Å²) in [4.78, 5) is 14.1. The number of aryl methyl sites for hydroxylation is 1. The van der Waals surface area contributed by atoms with Gasteiger partial charge in [-0.3, -0.25) is 0 Å². The van der Waals surface area contributed by atoms with E-state index in [9.17, 15) is 9.90 Å². The number of hydrogen-bond acceptors (Lipinski definition) is 2. The van der Waals surface area contributed by atoms with Gasteiger partial charge in [-0.05, 0) is 48.6 Å². The quantitative estimate of drug-likeness (QED) is 0.847. The highest BCUT2D eigenvalue weighted by molar-refractivity contribution is 5.74. The minimum absolute atomic E-state index is 0.0256. The highest BCUT2D eigenvalue weighted by atomic mass is 16.3. The first-order valence-electron chi connectivity index (χ1n) is 8.84. The SMILES string of the molecule is CCc1ccc(CCNC(=O)N2CCC(CC)(CO)CC2)cc1. The van der Waals surface area contributed by atoms with Gasteiger partial charge in [-0.15, -0.1) is 0 Å². The van der Waals surface area contributed by atoms with E-state index >= 15 is 0 Å². The summed E-state index contributed by atoms with van der Waals surface area (Å²) in [7, 11) is 0. The summed E-state index contributed by atoms with van der Waals surface area (Å²) in [6, 6.07) is 8.62. The molecule has 2 N–H and O–H groups in total. The Bertz CT molecular complexity index is 485. The largest absolute Gasteiger partial charge is 0.396 e. The maximum atomic E-state index is 12.2. The van der Waals surface area contributed by atoms with E-state index in [0.717, 1.165) is 45.2 Å². The summed E-state index contributed by atoms with van der Waals surface area (Å²) in [6.45, 7) is 6.65. The first-order chi connectivity index (χ1) is 11.1. The van der Waals surface area contributed by atoms with E-state index < -0.39 is 0 Å². The van der Waals surface area contributed by atoms with Crippen molar-refractivity contribution in [2.24, 2.45) is 5.41 Å². The van der Waals surface area contributed by atoms with Crippen molar-refractivity contribution in [3.8, 4) is 0 Å². The lowest BCUT2D eigenvalue weighted by Crippen LogP contribution is -2.48. The number of piperidine rings is 1. The zero-order valence-electron chi connectivity index (χ0n) is 14.5. The molecule has 1 aromatic carbocycles. The fourth-order valence-corrected chi connectivity index (χ4v) is 3.17. The molecule has 1 heterocycles. The summed E-state index contributed by atoms with van der Waals surface area (Å²) >= 11 is 0. The van der Waals surface area contributed by atoms with Crippen LogP contribution in [0.3, 0.4) is 0 Å². The van der Waals surface area contributed by atoms with Gasteiger partial charge in [0.25, 0.3) is 0 Å². The van der Waals surface area contributed by atoms with E-state index in [1.54, 1.807) is 0 Å². The van der Waals surface area contributed by atoms with E-state index in [2.05, 4.69) is 43.4 Å². The van der Waals surface area contributed by atoms with Gasteiger partial charge in [-0.2, -0.15) is 0 Å². The summed E-state index contributed by atoms with van der Waals surface area (Å²) in [5, 5.41) is 12.6. The van der Waals surface area contributed by atoms with Gasteiger partial charge in [0.1, 0.15) is 0 Å². The number of carbonyl (C=O) groups is 1. The van der Waals surface area contributed by atoms with Crippen LogP contribution in [0.1, 0.15) is 44.2 Å². The Balaban J connectivity index is 1.73. The maximum Gasteiger partial charge on any atom is 0.317 e. The molecule has 0 aliphatic carbocycles. The second kappa shape index (κ2) is 8.34. The molecule has 0 spiro atoms. The fraction of sp³-hybridized carbons (Fsp3) is 0.632. The van der Waals surface area contributed by atoms with Crippen LogP contribution in [-0.2, 0) is 12.8 Å². The van der Waals surface area contributed by atoms with Crippen molar-refractivity contribution in [3.05, 3.63) is 35.4 Å². The Morgan fingerprint density at radius 3 is 2.30 bits per heavy atom. The van der Waals surface area contributed by atoms with Crippen molar-refractivity contribution in [3.63, 3.8) is 0 Å². The summed E-state index contributed by atoms with van der Waals surface area (Å²) in [5.41, 5.74) is 2.62. The number of rotatable bonds is 6. The molecule has 23 heavy (non-hydrogen) atoms. The lowest BCUT2D eigenvalue weighted by atomic mass is 9.77. The van der Waals surface area contributed by atoms with Gasteiger partial charge in [0.15, 0.2) is 0 Å². The van der Waals surface area contributed by atoms with Crippen molar-refractivity contribution in [1.82, 2.24) is 10.2 Å². The number of carbonyl (C=O) groups excluding carboxylic acids is 1. The van der Waals surface area contributed by atoms with Crippen LogP contribution in [0.25, 0.3) is 0 Å². The average Bonchev–Trinajstić information content (AvgIpc) is 2.62. The average molecular weight is 318 g/mol. The smallest absolute Gasteiger partial charge is 0.317 e. The number of urea groups is 1. The molecule has 0 aromatic heterocycles. The summed E-state index contributed by atoms with van der Waals surface area (Å²) in [5.74, 6) is 0. The first-order valence-corrected chi connectivity index (χ1v) is 8.84. The van der Waals surface area contributed by atoms with E-state index in [-0.39, 0.29) is 18.1 Å². The van der Waals surface area contributed by atoms with Crippen molar-refractivity contribution in [2.75, 3.05) is 26.2 Å². The fourth-order valence-electron chi connectivity index (χ4n) is 3.17. The predicted molar refractivity (Wildman–Crippen MR) is 93.5 cm³/mol. The van der Waals surface area contributed by atoms with E-state index in [1.165, 1.54) is 11.1 Å². The molecule has 1 saturated heterocycles. The Labute approximate surface area is 139 Å². The molecule has 1 aliphatic heterocycles. The Hall–Kier alpha value is -1.55. The van der Waals surface area contributed by atoms with Crippen molar-refractivity contribution < 1.29 is 9.90 Å². The summed E-state index contributed by atoms with van der Waals surface area (Å²) in [6.07, 6.45) is 4.68. The number of hydrogen-bond donors (Lipinski definition) is 2. The number of nitrogens with one attached hydrogen (secondary N) is 1. The van der Waals surface area contributed by atoms with Crippen molar-refractivity contribution in [1.29, 1.82) is 0 Å². The third-order valence-corrected chi connectivity index (χ3v) is 5.32. The number of aliphatic hydroxyl groups is 1. The van der Waals surface area contributed by atoms with Crippen LogP contribution in [0.5, 0.6) is 0 Å². The molecule has 2 amide bonds. The zero-order valence-corrected chi connectivity index (χ0v) is 14.5. The molecule has 0 radical (unpaired) electrons. The topological polar surface area (TPSA) is 52.6 Å². The minimum Gasteiger partial charge on any atom is -0.396 e. The van der Waals surface area contributed by atoms with E-state index in [4.69, 9.17) is 0 Å². The van der Waals surface area contributed by atoms with Gasteiger partial charge < -0.3 is 15.3 Å². The number of likely N-dealkylation sites (tertiary alicyclic amines) is 1. The molecule has 0 bridgehead atoms. The second-order valence-electron chi connectivity index (χ2n) is 6.65.